The summed E-state index contributed by atoms with van der Waals surface area (Å²) in [6.07, 6.45) is 3.65. The Labute approximate surface area is 104 Å². The average Bonchev–Trinajstić information content (AvgIpc) is 2.89. The van der Waals surface area contributed by atoms with E-state index in [4.69, 9.17) is 9.84 Å². The third-order valence-electron chi connectivity index (χ3n) is 2.65. The van der Waals surface area contributed by atoms with E-state index in [1.54, 1.807) is 5.38 Å². The Morgan fingerprint density at radius 1 is 1.71 bits per heavy atom. The van der Waals surface area contributed by atoms with Crippen molar-refractivity contribution in [2.75, 3.05) is 18.5 Å². The monoisotopic (exact) mass is 256 g/mol. The molecule has 1 saturated heterocycles. The van der Waals surface area contributed by atoms with Gasteiger partial charge in [0.2, 0.25) is 0 Å². The molecular weight excluding hydrogens is 240 g/mol. The summed E-state index contributed by atoms with van der Waals surface area (Å²) in [5, 5.41) is 14.4. The Morgan fingerprint density at radius 3 is 3.29 bits per heavy atom. The fourth-order valence-electron chi connectivity index (χ4n) is 1.84. The molecule has 0 spiro atoms. The van der Waals surface area contributed by atoms with Crippen LogP contribution in [0.2, 0.25) is 0 Å². The lowest BCUT2D eigenvalue weighted by molar-refractivity contribution is -0.136. The van der Waals surface area contributed by atoms with Crippen LogP contribution in [0.15, 0.2) is 5.38 Å². The molecule has 6 heteroatoms. The number of ether oxygens (including phenoxy) is 1. The molecule has 1 aliphatic rings. The van der Waals surface area contributed by atoms with Crippen molar-refractivity contribution in [2.45, 2.75) is 31.8 Å². The maximum absolute atomic E-state index is 10.5. The molecule has 2 N–H and O–H groups in total. The van der Waals surface area contributed by atoms with E-state index >= 15 is 0 Å². The minimum absolute atomic E-state index is 0.0100. The number of nitrogens with one attached hydrogen (secondary N) is 1. The molecule has 1 aromatic heterocycles. The van der Waals surface area contributed by atoms with E-state index in [1.165, 1.54) is 11.3 Å². The van der Waals surface area contributed by atoms with Crippen molar-refractivity contribution >= 4 is 22.4 Å². The van der Waals surface area contributed by atoms with Crippen LogP contribution in [0.25, 0.3) is 0 Å². The molecule has 0 bridgehead atoms. The summed E-state index contributed by atoms with van der Waals surface area (Å²) in [4.78, 5) is 14.7. The number of thiazole rings is 1. The summed E-state index contributed by atoms with van der Waals surface area (Å²) in [6.45, 7) is 1.70. The molecule has 1 aliphatic heterocycles. The van der Waals surface area contributed by atoms with Gasteiger partial charge in [0, 0.05) is 18.5 Å². The van der Waals surface area contributed by atoms with Crippen LogP contribution < -0.4 is 5.32 Å². The van der Waals surface area contributed by atoms with Crippen molar-refractivity contribution in [1.82, 2.24) is 4.98 Å². The van der Waals surface area contributed by atoms with Gasteiger partial charge in [-0.05, 0) is 19.3 Å². The number of carboxylic acids is 1. The van der Waals surface area contributed by atoms with Crippen LogP contribution >= 0.6 is 11.3 Å². The predicted octanol–water partition coefficient (Wildman–Crippen LogP) is 1.75. The third-order valence-corrected chi connectivity index (χ3v) is 3.50. The van der Waals surface area contributed by atoms with Gasteiger partial charge in [-0.2, -0.15) is 0 Å². The first kappa shape index (κ1) is 12.3. The molecule has 1 fully saturated rings. The second-order valence-electron chi connectivity index (χ2n) is 4.06. The molecule has 2 heterocycles. The first-order valence-corrected chi connectivity index (χ1v) is 6.63. The Hall–Kier alpha value is -1.14. The van der Waals surface area contributed by atoms with Crippen molar-refractivity contribution in [3.05, 3.63) is 11.1 Å². The van der Waals surface area contributed by atoms with Gasteiger partial charge in [0.1, 0.15) is 0 Å². The Balaban J connectivity index is 1.71. The van der Waals surface area contributed by atoms with Gasteiger partial charge in [-0.1, -0.05) is 0 Å². The third kappa shape index (κ3) is 3.98. The summed E-state index contributed by atoms with van der Waals surface area (Å²) in [7, 11) is 0. The van der Waals surface area contributed by atoms with Crippen molar-refractivity contribution < 1.29 is 14.6 Å². The highest BCUT2D eigenvalue weighted by Crippen LogP contribution is 2.18. The minimum Gasteiger partial charge on any atom is -0.481 e. The lowest BCUT2D eigenvalue weighted by Crippen LogP contribution is -2.12. The van der Waals surface area contributed by atoms with Gasteiger partial charge in [-0.3, -0.25) is 4.79 Å². The maximum Gasteiger partial charge on any atom is 0.309 e. The van der Waals surface area contributed by atoms with Crippen LogP contribution in [-0.4, -0.2) is 35.3 Å². The first-order chi connectivity index (χ1) is 8.24. The number of aliphatic carboxylic acids is 1. The molecule has 1 unspecified atom stereocenters. The highest BCUT2D eigenvalue weighted by molar-refractivity contribution is 7.13. The van der Waals surface area contributed by atoms with E-state index < -0.39 is 5.97 Å². The van der Waals surface area contributed by atoms with Gasteiger partial charge in [0.25, 0.3) is 0 Å². The van der Waals surface area contributed by atoms with Crippen LogP contribution in [0.3, 0.4) is 0 Å². The zero-order valence-corrected chi connectivity index (χ0v) is 10.3. The number of anilines is 1. The second kappa shape index (κ2) is 5.97. The minimum atomic E-state index is -0.846. The second-order valence-corrected chi connectivity index (χ2v) is 4.92. The summed E-state index contributed by atoms with van der Waals surface area (Å²) < 4.78 is 5.51. The van der Waals surface area contributed by atoms with Crippen molar-refractivity contribution in [3.63, 3.8) is 0 Å². The molecule has 0 amide bonds. The van der Waals surface area contributed by atoms with E-state index in [2.05, 4.69) is 10.3 Å². The van der Waals surface area contributed by atoms with E-state index in [0.717, 1.165) is 37.5 Å². The first-order valence-electron chi connectivity index (χ1n) is 5.75. The number of hydrogen-bond donors (Lipinski definition) is 2. The van der Waals surface area contributed by atoms with Crippen LogP contribution in [0.4, 0.5) is 5.13 Å². The van der Waals surface area contributed by atoms with Crippen LogP contribution in [0.1, 0.15) is 25.0 Å². The molecule has 1 aromatic rings. The number of rotatable bonds is 6. The lowest BCUT2D eigenvalue weighted by Gasteiger charge is -2.08. The summed E-state index contributed by atoms with van der Waals surface area (Å²) in [6, 6.07) is 0. The van der Waals surface area contributed by atoms with Crippen molar-refractivity contribution in [3.8, 4) is 0 Å². The maximum atomic E-state index is 10.5. The molecule has 5 nitrogen and oxygen atoms in total. The van der Waals surface area contributed by atoms with Crippen LogP contribution in [0, 0.1) is 0 Å². The Bertz CT molecular complexity index is 375. The van der Waals surface area contributed by atoms with E-state index in [0.29, 0.717) is 11.8 Å². The van der Waals surface area contributed by atoms with Gasteiger partial charge in [-0.15, -0.1) is 11.3 Å². The molecular formula is C11H16N2O3S. The van der Waals surface area contributed by atoms with Gasteiger partial charge in [0.15, 0.2) is 5.13 Å². The van der Waals surface area contributed by atoms with Gasteiger partial charge in [-0.25, -0.2) is 4.98 Å². The van der Waals surface area contributed by atoms with E-state index in [1.807, 2.05) is 0 Å². The molecule has 94 valence electrons. The van der Waals surface area contributed by atoms with Crippen LogP contribution in [0.5, 0.6) is 0 Å². The van der Waals surface area contributed by atoms with Crippen molar-refractivity contribution in [2.24, 2.45) is 0 Å². The highest BCUT2D eigenvalue weighted by atomic mass is 32.1. The van der Waals surface area contributed by atoms with Gasteiger partial charge >= 0.3 is 5.97 Å². The number of hydrogen-bond acceptors (Lipinski definition) is 5. The predicted molar refractivity (Wildman–Crippen MR) is 65.5 cm³/mol. The van der Waals surface area contributed by atoms with Gasteiger partial charge in [0.05, 0.1) is 18.2 Å². The standard InChI is InChI=1S/C11H16N2O3S/c14-10(15)6-8-7-17-11(13-8)12-4-3-9-2-1-5-16-9/h7,9H,1-6H2,(H,12,13)(H,14,15). The number of carboxylic acid groups (broad SMARTS) is 1. The molecule has 2 rings (SSSR count). The fraction of sp³-hybridized carbons (Fsp3) is 0.636. The van der Waals surface area contributed by atoms with Crippen molar-refractivity contribution in [1.29, 1.82) is 0 Å². The topological polar surface area (TPSA) is 71.5 Å². The Morgan fingerprint density at radius 2 is 2.59 bits per heavy atom. The normalized spacial score (nSPS) is 19.4. The number of carbonyl (C=O) groups is 1. The van der Waals surface area contributed by atoms with Gasteiger partial charge < -0.3 is 15.2 Å². The Kier molecular flexibility index (Phi) is 4.33. The highest BCUT2D eigenvalue weighted by Gasteiger charge is 2.14. The smallest absolute Gasteiger partial charge is 0.309 e. The number of aromatic nitrogens is 1. The number of nitrogens with zero attached hydrogens (tertiary/aromatic N) is 1. The largest absolute Gasteiger partial charge is 0.481 e. The lowest BCUT2D eigenvalue weighted by atomic mass is 10.2. The molecule has 17 heavy (non-hydrogen) atoms. The zero-order valence-electron chi connectivity index (χ0n) is 9.52. The molecule has 0 saturated carbocycles. The zero-order chi connectivity index (χ0) is 12.1. The SMILES string of the molecule is O=C(O)Cc1csc(NCCC2CCCO2)n1. The molecule has 0 aliphatic carbocycles. The summed E-state index contributed by atoms with van der Waals surface area (Å²) in [5.41, 5.74) is 0.613. The van der Waals surface area contributed by atoms with E-state index in [-0.39, 0.29) is 6.42 Å². The average molecular weight is 256 g/mol. The summed E-state index contributed by atoms with van der Waals surface area (Å²) >= 11 is 1.45. The molecule has 0 radical (unpaired) electrons. The quantitative estimate of drug-likeness (QED) is 0.811. The van der Waals surface area contributed by atoms with E-state index in [9.17, 15) is 4.79 Å². The fourth-order valence-corrected chi connectivity index (χ4v) is 2.58. The molecule has 1 atom stereocenters. The van der Waals surface area contributed by atoms with Crippen LogP contribution in [-0.2, 0) is 16.0 Å². The summed E-state index contributed by atoms with van der Waals surface area (Å²) in [5.74, 6) is -0.846. The molecule has 0 aromatic carbocycles.